The first-order chi connectivity index (χ1) is 12.5. The molecule has 0 aliphatic rings. The summed E-state index contributed by atoms with van der Waals surface area (Å²) in [5, 5.41) is 2.48. The second-order valence-corrected chi connectivity index (χ2v) is 7.46. The van der Waals surface area contributed by atoms with Gasteiger partial charge in [-0.25, -0.2) is 9.36 Å². The Balaban J connectivity index is 1.96. The Labute approximate surface area is 158 Å². The largest absolute Gasteiger partial charge is 0.336 e. The highest BCUT2D eigenvalue weighted by molar-refractivity contribution is 7.17. The van der Waals surface area contributed by atoms with Gasteiger partial charge in [0.15, 0.2) is 0 Å². The molecule has 4 nitrogen and oxygen atoms in total. The summed E-state index contributed by atoms with van der Waals surface area (Å²) in [4.78, 5) is 26.1. The zero-order chi connectivity index (χ0) is 18.3. The van der Waals surface area contributed by atoms with Gasteiger partial charge in [0.05, 0.1) is 17.7 Å². The quantitative estimate of drug-likeness (QED) is 0.532. The monoisotopic (exact) mass is 382 g/mol. The number of aromatic nitrogens is 2. The van der Waals surface area contributed by atoms with Crippen LogP contribution in [0.15, 0.2) is 69.6 Å². The van der Waals surface area contributed by atoms with Crippen LogP contribution in [0.3, 0.4) is 0 Å². The molecule has 0 aliphatic carbocycles. The minimum Gasteiger partial charge on any atom is -0.288 e. The SMILES string of the molecule is Cc1ccc(-n2c(=O)c3sccc3n(Cc3ccc(Cl)cc3)c2=O)cc1. The van der Waals surface area contributed by atoms with Gasteiger partial charge in [0.25, 0.3) is 5.56 Å². The Morgan fingerprint density at radius 3 is 2.35 bits per heavy atom. The van der Waals surface area contributed by atoms with Crippen LogP contribution in [0, 0.1) is 6.92 Å². The van der Waals surface area contributed by atoms with Crippen molar-refractivity contribution < 1.29 is 0 Å². The Bertz CT molecular complexity index is 1200. The zero-order valence-corrected chi connectivity index (χ0v) is 15.6. The van der Waals surface area contributed by atoms with Crippen LogP contribution in [0.5, 0.6) is 0 Å². The van der Waals surface area contributed by atoms with Gasteiger partial charge in [-0.1, -0.05) is 41.4 Å². The predicted molar refractivity (Wildman–Crippen MR) is 107 cm³/mol. The third-order valence-corrected chi connectivity index (χ3v) is 5.44. The van der Waals surface area contributed by atoms with Gasteiger partial charge >= 0.3 is 5.69 Å². The average Bonchev–Trinajstić information content (AvgIpc) is 3.12. The molecule has 0 fully saturated rings. The van der Waals surface area contributed by atoms with Crippen LogP contribution in [0.1, 0.15) is 11.1 Å². The molecule has 0 N–H and O–H groups in total. The molecule has 26 heavy (non-hydrogen) atoms. The van der Waals surface area contributed by atoms with Crippen molar-refractivity contribution in [1.82, 2.24) is 9.13 Å². The third-order valence-electron chi connectivity index (χ3n) is 4.30. The van der Waals surface area contributed by atoms with Crippen molar-refractivity contribution in [3.63, 3.8) is 0 Å². The van der Waals surface area contributed by atoms with E-state index in [1.165, 1.54) is 15.9 Å². The summed E-state index contributed by atoms with van der Waals surface area (Å²) in [5.74, 6) is 0. The number of hydrogen-bond acceptors (Lipinski definition) is 3. The highest BCUT2D eigenvalue weighted by Gasteiger charge is 2.15. The van der Waals surface area contributed by atoms with Gasteiger partial charge in [-0.15, -0.1) is 11.3 Å². The highest BCUT2D eigenvalue weighted by Crippen LogP contribution is 2.18. The van der Waals surface area contributed by atoms with Crippen LogP contribution in [0.4, 0.5) is 0 Å². The molecule has 0 radical (unpaired) electrons. The topological polar surface area (TPSA) is 44.0 Å². The van der Waals surface area contributed by atoms with Crippen molar-refractivity contribution in [3.05, 3.63) is 97.0 Å². The van der Waals surface area contributed by atoms with Crippen molar-refractivity contribution in [2.75, 3.05) is 0 Å². The van der Waals surface area contributed by atoms with Crippen molar-refractivity contribution >= 4 is 33.2 Å². The van der Waals surface area contributed by atoms with E-state index in [1.807, 2.05) is 42.6 Å². The molecular weight excluding hydrogens is 368 g/mol. The first kappa shape index (κ1) is 16.8. The van der Waals surface area contributed by atoms with E-state index in [0.29, 0.717) is 27.5 Å². The summed E-state index contributed by atoms with van der Waals surface area (Å²) in [7, 11) is 0. The van der Waals surface area contributed by atoms with E-state index in [-0.39, 0.29) is 11.2 Å². The molecule has 4 aromatic rings. The van der Waals surface area contributed by atoms with Gasteiger partial charge in [-0.2, -0.15) is 0 Å². The molecule has 0 amide bonds. The standard InChI is InChI=1S/C20H15ClN2O2S/c1-13-2-8-16(9-3-13)23-19(24)18-17(10-11-26-18)22(20(23)25)12-14-4-6-15(21)7-5-14/h2-11H,12H2,1H3. The summed E-state index contributed by atoms with van der Waals surface area (Å²) < 4.78 is 3.45. The summed E-state index contributed by atoms with van der Waals surface area (Å²) >= 11 is 7.30. The van der Waals surface area contributed by atoms with Gasteiger partial charge < -0.3 is 0 Å². The molecule has 0 unspecified atom stereocenters. The van der Waals surface area contributed by atoms with Crippen molar-refractivity contribution in [2.45, 2.75) is 13.5 Å². The van der Waals surface area contributed by atoms with Crippen molar-refractivity contribution in [3.8, 4) is 5.69 Å². The number of aryl methyl sites for hydroxylation is 1. The predicted octanol–water partition coefficient (Wildman–Crippen LogP) is 4.22. The second kappa shape index (κ2) is 6.59. The number of hydrogen-bond donors (Lipinski definition) is 0. The van der Waals surface area contributed by atoms with Crippen molar-refractivity contribution in [1.29, 1.82) is 0 Å². The molecule has 2 aromatic carbocycles. The van der Waals surface area contributed by atoms with E-state index >= 15 is 0 Å². The zero-order valence-electron chi connectivity index (χ0n) is 14.0. The molecule has 6 heteroatoms. The maximum Gasteiger partial charge on any atom is 0.336 e. The minimum atomic E-state index is -0.347. The lowest BCUT2D eigenvalue weighted by molar-refractivity contribution is 0.716. The maximum absolute atomic E-state index is 13.2. The van der Waals surface area contributed by atoms with Crippen molar-refractivity contribution in [2.24, 2.45) is 0 Å². The highest BCUT2D eigenvalue weighted by atomic mass is 35.5. The third kappa shape index (κ3) is 2.89. The summed E-state index contributed by atoms with van der Waals surface area (Å²) in [6.45, 7) is 2.34. The average molecular weight is 383 g/mol. The fourth-order valence-corrected chi connectivity index (χ4v) is 3.88. The maximum atomic E-state index is 13.2. The van der Waals surface area contributed by atoms with Crippen LogP contribution >= 0.6 is 22.9 Å². The molecule has 0 saturated carbocycles. The lowest BCUT2D eigenvalue weighted by Gasteiger charge is -2.12. The van der Waals surface area contributed by atoms with Crippen LogP contribution in [-0.2, 0) is 6.54 Å². The van der Waals surface area contributed by atoms with E-state index in [9.17, 15) is 9.59 Å². The van der Waals surface area contributed by atoms with Crippen LogP contribution in [0.2, 0.25) is 5.02 Å². The van der Waals surface area contributed by atoms with Crippen LogP contribution < -0.4 is 11.2 Å². The van der Waals surface area contributed by atoms with Gasteiger partial charge in [0.1, 0.15) is 4.70 Å². The fraction of sp³-hybridized carbons (Fsp3) is 0.100. The molecule has 4 rings (SSSR count). The number of halogens is 1. The molecule has 130 valence electrons. The number of fused-ring (bicyclic) bond motifs is 1. The smallest absolute Gasteiger partial charge is 0.288 e. The number of rotatable bonds is 3. The van der Waals surface area contributed by atoms with E-state index < -0.39 is 0 Å². The molecule has 0 atom stereocenters. The van der Waals surface area contributed by atoms with E-state index in [0.717, 1.165) is 11.1 Å². The number of nitrogens with zero attached hydrogens (tertiary/aromatic N) is 2. The molecule has 2 aromatic heterocycles. The summed E-state index contributed by atoms with van der Waals surface area (Å²) in [6, 6.07) is 16.5. The lowest BCUT2D eigenvalue weighted by atomic mass is 10.2. The van der Waals surface area contributed by atoms with E-state index in [1.54, 1.807) is 28.8 Å². The number of benzene rings is 2. The van der Waals surface area contributed by atoms with E-state index in [4.69, 9.17) is 11.6 Å². The molecule has 0 saturated heterocycles. The molecule has 0 bridgehead atoms. The number of thiophene rings is 1. The first-order valence-electron chi connectivity index (χ1n) is 8.09. The molecule has 2 heterocycles. The second-order valence-electron chi connectivity index (χ2n) is 6.11. The van der Waals surface area contributed by atoms with Gasteiger partial charge in [0, 0.05) is 5.02 Å². The Morgan fingerprint density at radius 2 is 1.65 bits per heavy atom. The van der Waals surface area contributed by atoms with Gasteiger partial charge in [-0.05, 0) is 48.2 Å². The van der Waals surface area contributed by atoms with Gasteiger partial charge in [0.2, 0.25) is 0 Å². The fourth-order valence-electron chi connectivity index (χ4n) is 2.93. The summed E-state index contributed by atoms with van der Waals surface area (Å²) in [5.41, 5.74) is 2.61. The van der Waals surface area contributed by atoms with Crippen LogP contribution in [0.25, 0.3) is 15.9 Å². The minimum absolute atomic E-state index is 0.281. The normalized spacial score (nSPS) is 11.2. The van der Waals surface area contributed by atoms with Gasteiger partial charge in [-0.3, -0.25) is 9.36 Å². The Kier molecular flexibility index (Phi) is 4.26. The Hall–Kier alpha value is -2.63. The lowest BCUT2D eigenvalue weighted by Crippen LogP contribution is -2.38. The first-order valence-corrected chi connectivity index (χ1v) is 9.35. The molecule has 0 aliphatic heterocycles. The molecular formula is C20H15ClN2O2S. The summed E-state index contributed by atoms with van der Waals surface area (Å²) in [6.07, 6.45) is 0. The Morgan fingerprint density at radius 1 is 0.962 bits per heavy atom. The van der Waals surface area contributed by atoms with E-state index in [2.05, 4.69) is 0 Å². The van der Waals surface area contributed by atoms with Crippen LogP contribution in [-0.4, -0.2) is 9.13 Å². The molecule has 0 spiro atoms.